The van der Waals surface area contributed by atoms with E-state index in [1.54, 1.807) is 6.07 Å². The normalized spacial score (nSPS) is 16.4. The van der Waals surface area contributed by atoms with Gasteiger partial charge in [0.2, 0.25) is 10.0 Å². The summed E-state index contributed by atoms with van der Waals surface area (Å²) in [7, 11) is -2.40. The maximum atomic E-state index is 13.5. The maximum Gasteiger partial charge on any atom is 0.243 e. The van der Waals surface area contributed by atoms with E-state index in [9.17, 15) is 21.6 Å². The van der Waals surface area contributed by atoms with Crippen LogP contribution < -0.4 is 4.74 Å². The van der Waals surface area contributed by atoms with Crippen molar-refractivity contribution in [3.05, 3.63) is 59.4 Å². The van der Waals surface area contributed by atoms with Gasteiger partial charge in [0, 0.05) is 38.3 Å². The predicted molar refractivity (Wildman–Crippen MR) is 93.3 cm³/mol. The highest BCUT2D eigenvalue weighted by Crippen LogP contribution is 2.23. The van der Waals surface area contributed by atoms with E-state index in [2.05, 4.69) is 0 Å². The summed E-state index contributed by atoms with van der Waals surface area (Å²) in [4.78, 5) is 1.70. The summed E-state index contributed by atoms with van der Waals surface area (Å²) in [5.74, 6) is -2.10. The summed E-state index contributed by atoms with van der Waals surface area (Å²) in [5, 5.41) is 0. The molecule has 0 saturated carbocycles. The Morgan fingerprint density at radius 2 is 1.67 bits per heavy atom. The minimum atomic E-state index is -3.90. The number of hydrogen-bond acceptors (Lipinski definition) is 4. The van der Waals surface area contributed by atoms with E-state index in [-0.39, 0.29) is 23.8 Å². The van der Waals surface area contributed by atoms with Crippen LogP contribution in [0, 0.1) is 17.5 Å². The first-order valence-corrected chi connectivity index (χ1v) is 9.75. The highest BCUT2D eigenvalue weighted by atomic mass is 32.2. The number of piperazine rings is 1. The Bertz CT molecular complexity index is 929. The first kappa shape index (κ1) is 19.7. The van der Waals surface area contributed by atoms with Crippen LogP contribution in [0.25, 0.3) is 0 Å². The minimum Gasteiger partial charge on any atom is -0.496 e. The Kier molecular flexibility index (Phi) is 5.73. The van der Waals surface area contributed by atoms with E-state index in [0.717, 1.165) is 12.1 Å². The molecule has 1 heterocycles. The van der Waals surface area contributed by atoms with E-state index in [0.29, 0.717) is 37.0 Å². The molecule has 146 valence electrons. The van der Waals surface area contributed by atoms with Gasteiger partial charge in [-0.25, -0.2) is 21.6 Å². The number of ether oxygens (including phenoxy) is 1. The Labute approximate surface area is 156 Å². The standard InChI is InChI=1S/C18H19F3N2O3S/c1-26-18-5-2-14(19)10-13(18)12-22-6-8-23(9-7-22)27(24,25)15-3-4-16(20)17(21)11-15/h2-5,10-11H,6-9,12H2,1H3. The summed E-state index contributed by atoms with van der Waals surface area (Å²) in [6.07, 6.45) is 0. The van der Waals surface area contributed by atoms with E-state index in [4.69, 9.17) is 4.74 Å². The van der Waals surface area contributed by atoms with Crippen molar-refractivity contribution in [1.29, 1.82) is 0 Å². The SMILES string of the molecule is COc1ccc(F)cc1CN1CCN(S(=O)(=O)c2ccc(F)c(F)c2)CC1. The number of sulfonamides is 1. The van der Waals surface area contributed by atoms with Crippen molar-refractivity contribution in [3.8, 4) is 5.75 Å². The fourth-order valence-corrected chi connectivity index (χ4v) is 4.46. The summed E-state index contributed by atoms with van der Waals surface area (Å²) in [6, 6.07) is 6.80. The van der Waals surface area contributed by atoms with Crippen LogP contribution in [-0.4, -0.2) is 50.9 Å². The molecule has 1 aliphatic rings. The molecule has 1 aliphatic heterocycles. The lowest BCUT2D eigenvalue weighted by Crippen LogP contribution is -2.48. The predicted octanol–water partition coefficient (Wildman–Crippen LogP) is 2.62. The molecule has 1 saturated heterocycles. The van der Waals surface area contributed by atoms with E-state index >= 15 is 0 Å². The molecule has 9 heteroatoms. The summed E-state index contributed by atoms with van der Waals surface area (Å²) in [6.45, 7) is 1.64. The van der Waals surface area contributed by atoms with Gasteiger partial charge in [-0.05, 0) is 36.4 Å². The minimum absolute atomic E-state index is 0.193. The second kappa shape index (κ2) is 7.87. The molecular formula is C18H19F3N2O3S. The van der Waals surface area contributed by atoms with Gasteiger partial charge in [-0.3, -0.25) is 4.90 Å². The third kappa shape index (κ3) is 4.26. The van der Waals surface area contributed by atoms with Gasteiger partial charge in [-0.1, -0.05) is 0 Å². The fourth-order valence-electron chi connectivity index (χ4n) is 3.03. The van der Waals surface area contributed by atoms with Crippen molar-refractivity contribution in [2.45, 2.75) is 11.4 Å². The van der Waals surface area contributed by atoms with Gasteiger partial charge in [0.15, 0.2) is 11.6 Å². The first-order valence-electron chi connectivity index (χ1n) is 8.31. The van der Waals surface area contributed by atoms with Gasteiger partial charge in [0.25, 0.3) is 0 Å². The van der Waals surface area contributed by atoms with Gasteiger partial charge in [0.1, 0.15) is 11.6 Å². The van der Waals surface area contributed by atoms with Crippen molar-refractivity contribution >= 4 is 10.0 Å². The lowest BCUT2D eigenvalue weighted by molar-refractivity contribution is 0.180. The largest absolute Gasteiger partial charge is 0.496 e. The Balaban J connectivity index is 1.68. The maximum absolute atomic E-state index is 13.5. The summed E-state index contributed by atoms with van der Waals surface area (Å²) >= 11 is 0. The van der Waals surface area contributed by atoms with E-state index in [1.165, 1.54) is 23.5 Å². The average Bonchev–Trinajstić information content (AvgIpc) is 2.64. The zero-order chi connectivity index (χ0) is 19.6. The number of rotatable bonds is 5. The molecule has 0 amide bonds. The third-order valence-electron chi connectivity index (χ3n) is 4.50. The van der Waals surface area contributed by atoms with Gasteiger partial charge in [0.05, 0.1) is 12.0 Å². The van der Waals surface area contributed by atoms with Crippen LogP contribution in [0.1, 0.15) is 5.56 Å². The van der Waals surface area contributed by atoms with Crippen molar-refractivity contribution < 1.29 is 26.3 Å². The number of hydrogen-bond donors (Lipinski definition) is 0. The monoisotopic (exact) mass is 400 g/mol. The molecule has 5 nitrogen and oxygen atoms in total. The summed E-state index contributed by atoms with van der Waals surface area (Å²) in [5.41, 5.74) is 0.675. The molecule has 1 fully saturated rings. The van der Waals surface area contributed by atoms with Gasteiger partial charge < -0.3 is 4.74 Å². The Morgan fingerprint density at radius 1 is 0.963 bits per heavy atom. The molecule has 0 bridgehead atoms. The van der Waals surface area contributed by atoms with Gasteiger partial charge >= 0.3 is 0 Å². The highest BCUT2D eigenvalue weighted by Gasteiger charge is 2.29. The van der Waals surface area contributed by atoms with Crippen LogP contribution in [0.2, 0.25) is 0 Å². The van der Waals surface area contributed by atoms with Crippen LogP contribution in [0.15, 0.2) is 41.3 Å². The third-order valence-corrected chi connectivity index (χ3v) is 6.39. The average molecular weight is 400 g/mol. The molecule has 0 radical (unpaired) electrons. The zero-order valence-corrected chi connectivity index (χ0v) is 15.5. The molecule has 27 heavy (non-hydrogen) atoms. The number of benzene rings is 2. The number of nitrogens with zero attached hydrogens (tertiary/aromatic N) is 2. The van der Waals surface area contributed by atoms with E-state index in [1.807, 2.05) is 4.90 Å². The molecule has 2 aromatic carbocycles. The first-order chi connectivity index (χ1) is 12.8. The quantitative estimate of drug-likeness (QED) is 0.774. The molecule has 3 rings (SSSR count). The van der Waals surface area contributed by atoms with Crippen LogP contribution in [0.3, 0.4) is 0 Å². The Morgan fingerprint density at radius 3 is 2.30 bits per heavy atom. The van der Waals surface area contributed by atoms with Gasteiger partial charge in [-0.15, -0.1) is 0 Å². The smallest absolute Gasteiger partial charge is 0.243 e. The summed E-state index contributed by atoms with van der Waals surface area (Å²) < 4.78 is 71.6. The zero-order valence-electron chi connectivity index (χ0n) is 14.7. The second-order valence-electron chi connectivity index (χ2n) is 6.21. The topological polar surface area (TPSA) is 49.9 Å². The second-order valence-corrected chi connectivity index (χ2v) is 8.15. The number of methoxy groups -OCH3 is 1. The fraction of sp³-hybridized carbons (Fsp3) is 0.333. The van der Waals surface area contributed by atoms with Crippen molar-refractivity contribution in [2.24, 2.45) is 0 Å². The van der Waals surface area contributed by atoms with Crippen LogP contribution in [0.4, 0.5) is 13.2 Å². The number of halogens is 3. The molecule has 0 atom stereocenters. The molecular weight excluding hydrogens is 381 g/mol. The lowest BCUT2D eigenvalue weighted by atomic mass is 10.1. The van der Waals surface area contributed by atoms with Gasteiger partial charge in [-0.2, -0.15) is 4.31 Å². The highest BCUT2D eigenvalue weighted by molar-refractivity contribution is 7.89. The Hall–Kier alpha value is -2.10. The lowest BCUT2D eigenvalue weighted by Gasteiger charge is -2.34. The van der Waals surface area contributed by atoms with Crippen LogP contribution >= 0.6 is 0 Å². The van der Waals surface area contributed by atoms with E-state index < -0.39 is 21.7 Å². The molecule has 0 aromatic heterocycles. The molecule has 0 spiro atoms. The van der Waals surface area contributed by atoms with Crippen molar-refractivity contribution in [2.75, 3.05) is 33.3 Å². The van der Waals surface area contributed by atoms with Crippen molar-refractivity contribution in [3.63, 3.8) is 0 Å². The molecule has 2 aromatic rings. The molecule has 0 unspecified atom stereocenters. The molecule has 0 aliphatic carbocycles. The molecule has 0 N–H and O–H groups in total. The van der Waals surface area contributed by atoms with Crippen LogP contribution in [0.5, 0.6) is 5.75 Å². The van der Waals surface area contributed by atoms with Crippen molar-refractivity contribution in [1.82, 2.24) is 9.21 Å². The van der Waals surface area contributed by atoms with Crippen LogP contribution in [-0.2, 0) is 16.6 Å².